The summed E-state index contributed by atoms with van der Waals surface area (Å²) in [6, 6.07) is 4.31. The number of amides is 1. The van der Waals surface area contributed by atoms with E-state index in [1.165, 1.54) is 18.2 Å². The van der Waals surface area contributed by atoms with Crippen molar-refractivity contribution < 1.29 is 13.9 Å². The maximum absolute atomic E-state index is 13.7. The molecule has 2 unspecified atom stereocenters. The van der Waals surface area contributed by atoms with Gasteiger partial charge in [0.2, 0.25) is 0 Å². The molecule has 2 saturated heterocycles. The van der Waals surface area contributed by atoms with Crippen molar-refractivity contribution in [3.63, 3.8) is 0 Å². The van der Waals surface area contributed by atoms with Gasteiger partial charge in [0, 0.05) is 18.0 Å². The van der Waals surface area contributed by atoms with Gasteiger partial charge in [0.05, 0.1) is 17.8 Å². The number of morpholine rings is 1. The third-order valence-corrected chi connectivity index (χ3v) is 3.79. The number of ether oxygens (including phenoxy) is 1. The highest BCUT2D eigenvalue weighted by molar-refractivity contribution is 7.80. The fourth-order valence-electron chi connectivity index (χ4n) is 2.63. The summed E-state index contributed by atoms with van der Waals surface area (Å²) in [5, 5.41) is 0. The summed E-state index contributed by atoms with van der Waals surface area (Å²) in [6.07, 6.45) is 2.22. The normalized spacial score (nSPS) is 26.4. The van der Waals surface area contributed by atoms with Crippen LogP contribution in [0.3, 0.4) is 0 Å². The molecule has 1 amide bonds. The molecule has 3 nitrogen and oxygen atoms in total. The number of rotatable bonds is 1. The van der Waals surface area contributed by atoms with Crippen molar-refractivity contribution in [2.75, 3.05) is 13.1 Å². The third kappa shape index (κ3) is 2.12. The molecule has 2 fully saturated rings. The zero-order chi connectivity index (χ0) is 12.7. The molecule has 1 aromatic carbocycles. The summed E-state index contributed by atoms with van der Waals surface area (Å²) in [5.41, 5.74) is 0.101. The Morgan fingerprint density at radius 3 is 2.67 bits per heavy atom. The predicted octanol–water partition coefficient (Wildman–Crippen LogP) is 2.12. The molecule has 0 aliphatic carbocycles. The lowest BCUT2D eigenvalue weighted by Gasteiger charge is -2.32. The van der Waals surface area contributed by atoms with Crippen molar-refractivity contribution in [2.45, 2.75) is 29.9 Å². The molecule has 2 aliphatic heterocycles. The van der Waals surface area contributed by atoms with Gasteiger partial charge in [0.1, 0.15) is 5.82 Å². The molecule has 18 heavy (non-hydrogen) atoms. The number of hydrogen-bond donors (Lipinski definition) is 1. The maximum Gasteiger partial charge on any atom is 0.257 e. The number of nitrogens with zero attached hydrogens (tertiary/aromatic N) is 1. The van der Waals surface area contributed by atoms with Gasteiger partial charge in [-0.15, -0.1) is 12.6 Å². The van der Waals surface area contributed by atoms with Crippen LogP contribution in [0.2, 0.25) is 0 Å². The molecule has 96 valence electrons. The fourth-order valence-corrected chi connectivity index (χ4v) is 2.83. The van der Waals surface area contributed by atoms with E-state index in [1.807, 2.05) is 0 Å². The highest BCUT2D eigenvalue weighted by Crippen LogP contribution is 2.27. The van der Waals surface area contributed by atoms with Crippen LogP contribution in [0.4, 0.5) is 4.39 Å². The average Bonchev–Trinajstić information content (AvgIpc) is 2.70. The van der Waals surface area contributed by atoms with Crippen molar-refractivity contribution in [1.29, 1.82) is 0 Å². The van der Waals surface area contributed by atoms with Crippen LogP contribution >= 0.6 is 12.6 Å². The molecule has 0 saturated carbocycles. The number of carbonyl (C=O) groups is 1. The standard InChI is InChI=1S/C13H14FNO2S/c14-12-4-3-10(18)5-11(12)13(16)15-6-8-1-2-9(7-15)17-8/h3-5,8-9,18H,1-2,6-7H2. The van der Waals surface area contributed by atoms with Gasteiger partial charge in [-0.3, -0.25) is 4.79 Å². The number of halogens is 1. The average molecular weight is 267 g/mol. The van der Waals surface area contributed by atoms with E-state index < -0.39 is 5.82 Å². The lowest BCUT2D eigenvalue weighted by atomic mass is 10.1. The topological polar surface area (TPSA) is 29.5 Å². The van der Waals surface area contributed by atoms with Crippen molar-refractivity contribution in [1.82, 2.24) is 4.90 Å². The number of likely N-dealkylation sites (tertiary alicyclic amines) is 1. The first-order valence-corrected chi connectivity index (χ1v) is 6.51. The van der Waals surface area contributed by atoms with Gasteiger partial charge in [-0.05, 0) is 31.0 Å². The minimum Gasteiger partial charge on any atom is -0.371 e. The Labute approximate surface area is 110 Å². The smallest absolute Gasteiger partial charge is 0.257 e. The molecule has 2 atom stereocenters. The molecule has 5 heteroatoms. The van der Waals surface area contributed by atoms with Crippen LogP contribution in [0, 0.1) is 5.82 Å². The van der Waals surface area contributed by atoms with Crippen molar-refractivity contribution in [2.24, 2.45) is 0 Å². The minimum absolute atomic E-state index is 0.101. The van der Waals surface area contributed by atoms with Crippen LogP contribution in [0.5, 0.6) is 0 Å². The first-order chi connectivity index (χ1) is 8.63. The summed E-state index contributed by atoms with van der Waals surface area (Å²) in [7, 11) is 0. The monoisotopic (exact) mass is 267 g/mol. The van der Waals surface area contributed by atoms with Gasteiger partial charge in [-0.1, -0.05) is 0 Å². The fraction of sp³-hybridized carbons (Fsp3) is 0.462. The van der Waals surface area contributed by atoms with E-state index in [-0.39, 0.29) is 23.7 Å². The van der Waals surface area contributed by atoms with Crippen LogP contribution in [0.25, 0.3) is 0 Å². The first-order valence-electron chi connectivity index (χ1n) is 6.07. The van der Waals surface area contributed by atoms with Crippen LogP contribution in [-0.4, -0.2) is 36.1 Å². The Hall–Kier alpha value is -1.07. The lowest BCUT2D eigenvalue weighted by Crippen LogP contribution is -2.46. The van der Waals surface area contributed by atoms with Gasteiger partial charge in [-0.2, -0.15) is 0 Å². The highest BCUT2D eigenvalue weighted by Gasteiger charge is 2.36. The van der Waals surface area contributed by atoms with E-state index >= 15 is 0 Å². The summed E-state index contributed by atoms with van der Waals surface area (Å²) < 4.78 is 19.3. The molecule has 2 bridgehead atoms. The Balaban J connectivity index is 1.84. The quantitative estimate of drug-likeness (QED) is 0.790. The van der Waals surface area contributed by atoms with Crippen LogP contribution in [-0.2, 0) is 4.74 Å². The molecule has 0 aromatic heterocycles. The van der Waals surface area contributed by atoms with Crippen LogP contribution in [0.1, 0.15) is 23.2 Å². The summed E-state index contributed by atoms with van der Waals surface area (Å²) in [5.74, 6) is -0.750. The van der Waals surface area contributed by atoms with Crippen molar-refractivity contribution in [3.8, 4) is 0 Å². The molecule has 0 radical (unpaired) electrons. The van der Waals surface area contributed by atoms with E-state index in [9.17, 15) is 9.18 Å². The molecule has 2 aliphatic rings. The van der Waals surface area contributed by atoms with E-state index in [2.05, 4.69) is 12.6 Å². The second-order valence-corrected chi connectivity index (χ2v) is 5.35. The van der Waals surface area contributed by atoms with E-state index in [1.54, 1.807) is 4.90 Å². The van der Waals surface area contributed by atoms with E-state index in [0.717, 1.165) is 12.8 Å². The highest BCUT2D eigenvalue weighted by atomic mass is 32.1. The Bertz CT molecular complexity index is 482. The largest absolute Gasteiger partial charge is 0.371 e. The minimum atomic E-state index is -0.489. The first kappa shape index (κ1) is 12.0. The van der Waals surface area contributed by atoms with Gasteiger partial charge in [0.15, 0.2) is 0 Å². The predicted molar refractivity (Wildman–Crippen MR) is 67.5 cm³/mol. The van der Waals surface area contributed by atoms with E-state index in [0.29, 0.717) is 18.0 Å². The number of benzene rings is 1. The van der Waals surface area contributed by atoms with Crippen molar-refractivity contribution >= 4 is 18.5 Å². The zero-order valence-electron chi connectivity index (χ0n) is 9.80. The van der Waals surface area contributed by atoms with Gasteiger partial charge >= 0.3 is 0 Å². The molecule has 1 aromatic rings. The van der Waals surface area contributed by atoms with Gasteiger partial charge < -0.3 is 9.64 Å². The molecule has 3 rings (SSSR count). The Morgan fingerprint density at radius 2 is 2.00 bits per heavy atom. The van der Waals surface area contributed by atoms with Crippen LogP contribution in [0.15, 0.2) is 23.1 Å². The molecule has 0 N–H and O–H groups in total. The van der Waals surface area contributed by atoms with Gasteiger partial charge in [-0.25, -0.2) is 4.39 Å². The summed E-state index contributed by atoms with van der Waals surface area (Å²) >= 11 is 4.15. The van der Waals surface area contributed by atoms with E-state index in [4.69, 9.17) is 4.74 Å². The number of fused-ring (bicyclic) bond motifs is 2. The number of thiol groups is 1. The van der Waals surface area contributed by atoms with Gasteiger partial charge in [0.25, 0.3) is 5.91 Å². The molecule has 0 spiro atoms. The Morgan fingerprint density at radius 1 is 1.33 bits per heavy atom. The Kier molecular flexibility index (Phi) is 3.03. The zero-order valence-corrected chi connectivity index (χ0v) is 10.7. The second-order valence-electron chi connectivity index (χ2n) is 4.83. The third-order valence-electron chi connectivity index (χ3n) is 3.51. The summed E-state index contributed by atoms with van der Waals surface area (Å²) in [6.45, 7) is 1.12. The molecular weight excluding hydrogens is 253 g/mol. The molecular formula is C13H14FNO2S. The maximum atomic E-state index is 13.7. The summed E-state index contributed by atoms with van der Waals surface area (Å²) in [4.78, 5) is 14.6. The van der Waals surface area contributed by atoms with Crippen LogP contribution < -0.4 is 0 Å². The van der Waals surface area contributed by atoms with Crippen molar-refractivity contribution in [3.05, 3.63) is 29.6 Å². The number of hydrogen-bond acceptors (Lipinski definition) is 3. The molecule has 2 heterocycles. The lowest BCUT2D eigenvalue weighted by molar-refractivity contribution is -0.0305. The SMILES string of the molecule is O=C(c1cc(S)ccc1F)N1CC2CCC(C1)O2. The second kappa shape index (κ2) is 4.55. The number of carbonyl (C=O) groups excluding carboxylic acids is 1.